The van der Waals surface area contributed by atoms with Crippen molar-refractivity contribution in [1.82, 2.24) is 4.90 Å². The van der Waals surface area contributed by atoms with Crippen LogP contribution in [-0.4, -0.2) is 35.7 Å². The molecule has 1 saturated heterocycles. The quantitative estimate of drug-likeness (QED) is 0.834. The molecule has 0 aliphatic carbocycles. The summed E-state index contributed by atoms with van der Waals surface area (Å²) < 4.78 is 14.1. The van der Waals surface area contributed by atoms with Crippen LogP contribution in [0.1, 0.15) is 30.9 Å². The molecule has 0 radical (unpaired) electrons. The first kappa shape index (κ1) is 16.0. The van der Waals surface area contributed by atoms with Crippen molar-refractivity contribution in [3.63, 3.8) is 0 Å². The molecule has 21 heavy (non-hydrogen) atoms. The molecule has 3 N–H and O–H groups in total. The summed E-state index contributed by atoms with van der Waals surface area (Å²) in [6, 6.07) is 5.11. The van der Waals surface area contributed by atoms with Crippen molar-refractivity contribution < 1.29 is 9.50 Å². The van der Waals surface area contributed by atoms with E-state index in [9.17, 15) is 9.50 Å². The first-order valence-corrected chi connectivity index (χ1v) is 7.48. The Bertz CT molecular complexity index is 525. The van der Waals surface area contributed by atoms with Crippen molar-refractivity contribution in [2.45, 2.75) is 32.4 Å². The highest BCUT2D eigenvalue weighted by Crippen LogP contribution is 2.22. The van der Waals surface area contributed by atoms with Gasteiger partial charge in [0.15, 0.2) is 0 Å². The number of halogens is 1. The van der Waals surface area contributed by atoms with Gasteiger partial charge >= 0.3 is 0 Å². The Balaban J connectivity index is 1.95. The van der Waals surface area contributed by atoms with Crippen molar-refractivity contribution in [2.75, 3.05) is 19.6 Å². The minimum absolute atomic E-state index is 0.212. The molecule has 0 bridgehead atoms. The van der Waals surface area contributed by atoms with Gasteiger partial charge in [0.1, 0.15) is 5.82 Å². The summed E-state index contributed by atoms with van der Waals surface area (Å²) in [6.45, 7) is 4.55. The van der Waals surface area contributed by atoms with Crippen LogP contribution >= 0.6 is 0 Å². The highest BCUT2D eigenvalue weighted by atomic mass is 19.1. The molecule has 1 aromatic rings. The van der Waals surface area contributed by atoms with Gasteiger partial charge in [-0.15, -0.1) is 0 Å². The van der Waals surface area contributed by atoms with Crippen LogP contribution in [0, 0.1) is 23.6 Å². The Hall–Kier alpha value is -1.41. The fourth-order valence-corrected chi connectivity index (χ4v) is 2.74. The normalized spacial score (nSPS) is 18.1. The molecule has 114 valence electrons. The van der Waals surface area contributed by atoms with Gasteiger partial charge in [0.2, 0.25) is 0 Å². The molecular weight excluding hydrogens is 267 g/mol. The van der Waals surface area contributed by atoms with Crippen molar-refractivity contribution in [1.29, 1.82) is 0 Å². The summed E-state index contributed by atoms with van der Waals surface area (Å²) in [6.07, 6.45) is 1.70. The van der Waals surface area contributed by atoms with Crippen LogP contribution in [0.3, 0.4) is 0 Å². The van der Waals surface area contributed by atoms with Crippen LogP contribution in [0.15, 0.2) is 18.2 Å². The van der Waals surface area contributed by atoms with E-state index in [4.69, 9.17) is 5.73 Å². The largest absolute Gasteiger partial charge is 0.393 e. The van der Waals surface area contributed by atoms with Gasteiger partial charge in [-0.2, -0.15) is 0 Å². The Kier molecular flexibility index (Phi) is 5.75. The molecule has 1 aromatic carbocycles. The predicted octanol–water partition coefficient (Wildman–Crippen LogP) is 1.73. The number of nitrogens with zero attached hydrogens (tertiary/aromatic N) is 1. The molecule has 1 fully saturated rings. The Labute approximate surface area is 125 Å². The monoisotopic (exact) mass is 290 g/mol. The van der Waals surface area contributed by atoms with Crippen molar-refractivity contribution >= 4 is 0 Å². The summed E-state index contributed by atoms with van der Waals surface area (Å²) in [4.78, 5) is 2.24. The number of benzene rings is 1. The second-order valence-corrected chi connectivity index (χ2v) is 5.67. The zero-order valence-electron chi connectivity index (χ0n) is 12.5. The van der Waals surface area contributed by atoms with Gasteiger partial charge in [-0.25, -0.2) is 4.39 Å². The number of aliphatic hydroxyl groups excluding tert-OH is 1. The van der Waals surface area contributed by atoms with E-state index in [0.717, 1.165) is 25.9 Å². The number of piperidine rings is 1. The second kappa shape index (κ2) is 7.56. The van der Waals surface area contributed by atoms with E-state index < -0.39 is 0 Å². The molecule has 3 nitrogen and oxygen atoms in total. The molecule has 1 heterocycles. The van der Waals surface area contributed by atoms with Gasteiger partial charge in [-0.1, -0.05) is 17.9 Å². The lowest BCUT2D eigenvalue weighted by molar-refractivity contribution is 0.0692. The second-order valence-electron chi connectivity index (χ2n) is 5.67. The number of hydrogen-bond donors (Lipinski definition) is 2. The molecule has 1 unspecified atom stereocenters. The van der Waals surface area contributed by atoms with E-state index in [1.54, 1.807) is 6.07 Å². The van der Waals surface area contributed by atoms with Gasteiger partial charge in [-0.3, -0.25) is 4.90 Å². The van der Waals surface area contributed by atoms with E-state index in [2.05, 4.69) is 16.7 Å². The maximum atomic E-state index is 14.1. The average Bonchev–Trinajstić information content (AvgIpc) is 2.48. The van der Waals surface area contributed by atoms with Crippen LogP contribution < -0.4 is 5.73 Å². The summed E-state index contributed by atoms with van der Waals surface area (Å²) in [5.41, 5.74) is 6.67. The average molecular weight is 290 g/mol. The smallest absolute Gasteiger partial charge is 0.128 e. The molecule has 1 atom stereocenters. The van der Waals surface area contributed by atoms with Gasteiger partial charge in [0, 0.05) is 17.7 Å². The third kappa shape index (κ3) is 4.53. The summed E-state index contributed by atoms with van der Waals surface area (Å²) >= 11 is 0. The molecule has 0 amide bonds. The van der Waals surface area contributed by atoms with Crippen LogP contribution in [0.2, 0.25) is 0 Å². The van der Waals surface area contributed by atoms with Crippen LogP contribution in [-0.2, 0) is 6.54 Å². The highest BCUT2D eigenvalue weighted by molar-refractivity contribution is 5.37. The summed E-state index contributed by atoms with van der Waals surface area (Å²) in [5, 5.41) is 9.60. The van der Waals surface area contributed by atoms with Crippen LogP contribution in [0.5, 0.6) is 0 Å². The molecule has 0 aromatic heterocycles. The Morgan fingerprint density at radius 2 is 2.14 bits per heavy atom. The van der Waals surface area contributed by atoms with Gasteiger partial charge in [0.05, 0.1) is 12.6 Å². The Morgan fingerprint density at radius 1 is 1.43 bits per heavy atom. The van der Waals surface area contributed by atoms with Crippen molar-refractivity contribution in [3.05, 3.63) is 35.1 Å². The van der Waals surface area contributed by atoms with E-state index in [-0.39, 0.29) is 18.5 Å². The molecule has 1 aliphatic heterocycles. The highest BCUT2D eigenvalue weighted by Gasteiger charge is 2.23. The minimum Gasteiger partial charge on any atom is -0.393 e. The first-order valence-electron chi connectivity index (χ1n) is 7.48. The zero-order valence-corrected chi connectivity index (χ0v) is 12.5. The fraction of sp³-hybridized carbons (Fsp3) is 0.529. The first-order chi connectivity index (χ1) is 10.1. The van der Waals surface area contributed by atoms with Crippen LogP contribution in [0.4, 0.5) is 4.39 Å². The third-order valence-electron chi connectivity index (χ3n) is 4.10. The fourth-order valence-electron chi connectivity index (χ4n) is 2.74. The summed E-state index contributed by atoms with van der Waals surface area (Å²) in [5.74, 6) is 5.73. The molecule has 1 aliphatic rings. The third-order valence-corrected chi connectivity index (χ3v) is 4.10. The summed E-state index contributed by atoms with van der Waals surface area (Å²) in [7, 11) is 0. The van der Waals surface area contributed by atoms with E-state index in [1.165, 1.54) is 6.07 Å². The molecule has 2 rings (SSSR count). The molecule has 0 spiro atoms. The zero-order chi connectivity index (χ0) is 15.2. The van der Waals surface area contributed by atoms with E-state index in [1.807, 2.05) is 13.0 Å². The Morgan fingerprint density at radius 3 is 2.71 bits per heavy atom. The van der Waals surface area contributed by atoms with Crippen molar-refractivity contribution in [2.24, 2.45) is 11.7 Å². The van der Waals surface area contributed by atoms with Crippen molar-refractivity contribution in [3.8, 4) is 11.8 Å². The van der Waals surface area contributed by atoms with Gasteiger partial charge in [0.25, 0.3) is 0 Å². The SMILES string of the molecule is CC(O)C1CCN(Cc2ccc(C#CCN)cc2F)CC1. The molecular formula is C17H23FN2O. The molecule has 4 heteroatoms. The minimum atomic E-state index is -0.246. The maximum absolute atomic E-state index is 14.1. The number of hydrogen-bond acceptors (Lipinski definition) is 3. The van der Waals surface area contributed by atoms with E-state index in [0.29, 0.717) is 23.6 Å². The van der Waals surface area contributed by atoms with Gasteiger partial charge in [-0.05, 0) is 50.9 Å². The number of likely N-dealkylation sites (tertiary alicyclic amines) is 1. The van der Waals surface area contributed by atoms with Crippen LogP contribution in [0.25, 0.3) is 0 Å². The van der Waals surface area contributed by atoms with Gasteiger partial charge < -0.3 is 10.8 Å². The molecule has 0 saturated carbocycles. The standard InChI is InChI=1S/C17H23FN2O/c1-13(21)15-6-9-20(10-7-15)12-16-5-4-14(3-2-8-19)11-17(16)18/h4-5,11,13,15,21H,6-10,12,19H2,1H3. The number of rotatable bonds is 3. The predicted molar refractivity (Wildman–Crippen MR) is 82.0 cm³/mol. The number of aliphatic hydroxyl groups is 1. The maximum Gasteiger partial charge on any atom is 0.128 e. The van der Waals surface area contributed by atoms with E-state index >= 15 is 0 Å². The topological polar surface area (TPSA) is 49.5 Å². The number of nitrogens with two attached hydrogens (primary N) is 1. The lowest BCUT2D eigenvalue weighted by Gasteiger charge is -2.33. The lowest BCUT2D eigenvalue weighted by Crippen LogP contribution is -2.36. The lowest BCUT2D eigenvalue weighted by atomic mass is 9.92.